The molecule has 4 rings (SSSR count). The van der Waals surface area contributed by atoms with Gasteiger partial charge >= 0.3 is 5.97 Å². The molecular formula is C27H29NO3S. The van der Waals surface area contributed by atoms with Gasteiger partial charge in [0.2, 0.25) is 0 Å². The van der Waals surface area contributed by atoms with E-state index >= 15 is 0 Å². The van der Waals surface area contributed by atoms with Crippen LogP contribution in [0.2, 0.25) is 0 Å². The molecule has 1 aliphatic heterocycles. The second-order valence-corrected chi connectivity index (χ2v) is 9.45. The van der Waals surface area contributed by atoms with Crippen LogP contribution in [-0.4, -0.2) is 21.4 Å². The molecule has 0 saturated heterocycles. The number of benzene rings is 2. The minimum absolute atomic E-state index is 0.108. The average Bonchev–Trinajstić information content (AvgIpc) is 3.14. The second-order valence-electron chi connectivity index (χ2n) is 8.35. The Bertz CT molecular complexity index is 1120. The van der Waals surface area contributed by atoms with Gasteiger partial charge in [0, 0.05) is 17.6 Å². The van der Waals surface area contributed by atoms with E-state index in [9.17, 15) is 9.90 Å². The molecule has 1 N–H and O–H groups in total. The summed E-state index contributed by atoms with van der Waals surface area (Å²) < 4.78 is 8.36. The van der Waals surface area contributed by atoms with Crippen molar-refractivity contribution in [2.24, 2.45) is 0 Å². The number of carbonyl (C=O) groups is 1. The molecule has 4 nitrogen and oxygen atoms in total. The molecule has 5 heteroatoms. The summed E-state index contributed by atoms with van der Waals surface area (Å²) >= 11 is 1.37. The minimum Gasteiger partial charge on any atom is -0.511 e. The highest BCUT2D eigenvalue weighted by molar-refractivity contribution is 8.04. The number of rotatable bonds is 7. The van der Waals surface area contributed by atoms with Crippen LogP contribution in [-0.2, 0) is 21.6 Å². The molecule has 0 fully saturated rings. The van der Waals surface area contributed by atoms with Gasteiger partial charge in [-0.2, -0.15) is 0 Å². The van der Waals surface area contributed by atoms with Gasteiger partial charge in [-0.1, -0.05) is 60.7 Å². The van der Waals surface area contributed by atoms with Crippen molar-refractivity contribution in [3.8, 4) is 0 Å². The van der Waals surface area contributed by atoms with E-state index in [0.717, 1.165) is 17.7 Å². The summed E-state index contributed by atoms with van der Waals surface area (Å²) in [4.78, 5) is 13.5. The van der Waals surface area contributed by atoms with Crippen LogP contribution in [0.1, 0.15) is 41.8 Å². The molecule has 166 valence electrons. The highest BCUT2D eigenvalue weighted by atomic mass is 32.2. The van der Waals surface area contributed by atoms with Gasteiger partial charge in [0.05, 0.1) is 12.5 Å². The highest BCUT2D eigenvalue weighted by Crippen LogP contribution is 2.47. The van der Waals surface area contributed by atoms with Gasteiger partial charge in [0.1, 0.15) is 10.7 Å². The van der Waals surface area contributed by atoms with Crippen LogP contribution in [0, 0.1) is 13.8 Å². The molecule has 0 saturated carbocycles. The molecule has 1 aliphatic rings. The van der Waals surface area contributed by atoms with E-state index in [0.29, 0.717) is 10.7 Å². The van der Waals surface area contributed by atoms with E-state index in [-0.39, 0.29) is 18.2 Å². The molecule has 3 aromatic rings. The van der Waals surface area contributed by atoms with E-state index < -0.39 is 11.6 Å². The Hall–Kier alpha value is -2.92. The zero-order valence-corrected chi connectivity index (χ0v) is 19.6. The number of cyclic esters (lactones) is 1. The van der Waals surface area contributed by atoms with E-state index in [1.807, 2.05) is 61.7 Å². The number of aliphatic hydroxyl groups is 1. The molecule has 2 unspecified atom stereocenters. The van der Waals surface area contributed by atoms with Crippen molar-refractivity contribution in [1.29, 1.82) is 0 Å². The number of thioether (sulfide) groups is 1. The summed E-state index contributed by atoms with van der Waals surface area (Å²) in [6.45, 7) is 6.18. The van der Waals surface area contributed by atoms with Gasteiger partial charge in [-0.25, -0.2) is 4.79 Å². The first kappa shape index (κ1) is 22.3. The maximum atomic E-state index is 13.2. The third kappa shape index (κ3) is 4.22. The normalized spacial score (nSPS) is 19.7. The van der Waals surface area contributed by atoms with Crippen molar-refractivity contribution in [2.75, 3.05) is 5.75 Å². The Morgan fingerprint density at radius 1 is 1.06 bits per heavy atom. The van der Waals surface area contributed by atoms with E-state index in [1.54, 1.807) is 0 Å². The maximum absolute atomic E-state index is 13.2. The number of aromatic nitrogens is 1. The fraction of sp³-hybridized carbons (Fsp3) is 0.296. The first-order valence-corrected chi connectivity index (χ1v) is 11.9. The number of ether oxygens (including phenoxy) is 1. The lowest BCUT2D eigenvalue weighted by Crippen LogP contribution is -2.43. The molecule has 0 radical (unpaired) electrons. The number of aliphatic hydroxyl groups excluding tert-OH is 1. The third-order valence-electron chi connectivity index (χ3n) is 6.43. The van der Waals surface area contributed by atoms with E-state index in [4.69, 9.17) is 4.74 Å². The Morgan fingerprint density at radius 3 is 2.31 bits per heavy atom. The smallest absolute Gasteiger partial charge is 0.349 e. The fourth-order valence-corrected chi connectivity index (χ4v) is 5.32. The summed E-state index contributed by atoms with van der Waals surface area (Å²) in [7, 11) is 0. The monoisotopic (exact) mass is 447 g/mol. The van der Waals surface area contributed by atoms with Gasteiger partial charge in [-0.15, -0.1) is 11.8 Å². The Kier molecular flexibility index (Phi) is 6.47. The van der Waals surface area contributed by atoms with Crippen LogP contribution in [0.3, 0.4) is 0 Å². The Morgan fingerprint density at radius 2 is 1.72 bits per heavy atom. The first-order chi connectivity index (χ1) is 15.4. The Balaban J connectivity index is 1.64. The van der Waals surface area contributed by atoms with Crippen LogP contribution in [0.5, 0.6) is 0 Å². The van der Waals surface area contributed by atoms with Gasteiger partial charge in [-0.05, 0) is 49.9 Å². The molecule has 2 aromatic carbocycles. The molecule has 32 heavy (non-hydrogen) atoms. The lowest BCUT2D eigenvalue weighted by molar-refractivity contribution is -0.165. The van der Waals surface area contributed by atoms with Crippen LogP contribution in [0.4, 0.5) is 0 Å². The third-order valence-corrected chi connectivity index (χ3v) is 7.53. The molecule has 1 aromatic heterocycles. The number of carbonyl (C=O) groups excluding carboxylic acids is 1. The molecule has 0 spiro atoms. The Labute approximate surface area is 193 Å². The summed E-state index contributed by atoms with van der Waals surface area (Å²) in [6, 6.07) is 21.8. The van der Waals surface area contributed by atoms with Crippen molar-refractivity contribution in [3.63, 3.8) is 0 Å². The second kappa shape index (κ2) is 9.29. The largest absolute Gasteiger partial charge is 0.511 e. The molecule has 0 aliphatic carbocycles. The van der Waals surface area contributed by atoms with Crippen LogP contribution < -0.4 is 0 Å². The van der Waals surface area contributed by atoms with E-state index in [2.05, 4.69) is 36.6 Å². The van der Waals surface area contributed by atoms with Gasteiger partial charge < -0.3 is 14.4 Å². The topological polar surface area (TPSA) is 51.5 Å². The fourth-order valence-electron chi connectivity index (χ4n) is 4.38. The van der Waals surface area contributed by atoms with Crippen LogP contribution in [0.25, 0.3) is 0 Å². The van der Waals surface area contributed by atoms with Crippen molar-refractivity contribution in [3.05, 3.63) is 106 Å². The number of nitrogens with zero attached hydrogens (tertiary/aromatic N) is 1. The summed E-state index contributed by atoms with van der Waals surface area (Å²) in [5.41, 5.74) is 3.40. The standard InChI is InChI=1S/C27H29NO3S/c1-19-14-16-28(20(19)2)21(3)27(23-12-8-5-9-13-23)18-24(29)25(26(30)31-27)32-17-15-22-10-6-4-7-11-22/h4-14,16,21,29H,15,17-18H2,1-3H3. The molecule has 0 bridgehead atoms. The van der Waals surface area contributed by atoms with Gasteiger partial charge in [0.15, 0.2) is 5.60 Å². The highest BCUT2D eigenvalue weighted by Gasteiger charge is 2.48. The molecule has 0 amide bonds. The van der Waals surface area contributed by atoms with Crippen molar-refractivity contribution < 1.29 is 14.6 Å². The SMILES string of the molecule is Cc1ccn(C(C)C2(c3ccccc3)CC(O)=C(SCCc3ccccc3)C(=O)O2)c1C. The molecule has 2 atom stereocenters. The molecular weight excluding hydrogens is 418 g/mol. The summed E-state index contributed by atoms with van der Waals surface area (Å²) in [5, 5.41) is 11.1. The van der Waals surface area contributed by atoms with E-state index in [1.165, 1.54) is 22.9 Å². The average molecular weight is 448 g/mol. The number of hydrogen-bond acceptors (Lipinski definition) is 4. The first-order valence-electron chi connectivity index (χ1n) is 10.9. The predicted molar refractivity (Wildman–Crippen MR) is 130 cm³/mol. The van der Waals surface area contributed by atoms with Crippen molar-refractivity contribution in [2.45, 2.75) is 45.3 Å². The van der Waals surface area contributed by atoms with Gasteiger partial charge in [0.25, 0.3) is 0 Å². The summed E-state index contributed by atoms with van der Waals surface area (Å²) in [6.07, 6.45) is 3.09. The number of esters is 1. The molecule has 2 heterocycles. The quantitative estimate of drug-likeness (QED) is 0.435. The number of aryl methyl sites for hydroxylation is 2. The number of hydrogen-bond donors (Lipinski definition) is 1. The van der Waals surface area contributed by atoms with Crippen molar-refractivity contribution in [1.82, 2.24) is 4.57 Å². The minimum atomic E-state index is -0.984. The lowest BCUT2D eigenvalue weighted by atomic mass is 9.81. The maximum Gasteiger partial charge on any atom is 0.349 e. The zero-order chi connectivity index (χ0) is 22.7. The van der Waals surface area contributed by atoms with Crippen molar-refractivity contribution >= 4 is 17.7 Å². The predicted octanol–water partition coefficient (Wildman–Crippen LogP) is 6.25. The zero-order valence-electron chi connectivity index (χ0n) is 18.7. The summed E-state index contributed by atoms with van der Waals surface area (Å²) in [5.74, 6) is 0.350. The van der Waals surface area contributed by atoms with Crippen LogP contribution >= 0.6 is 11.8 Å². The van der Waals surface area contributed by atoms with Crippen LogP contribution in [0.15, 0.2) is 83.6 Å². The lowest BCUT2D eigenvalue weighted by Gasteiger charge is -2.42. The van der Waals surface area contributed by atoms with Gasteiger partial charge in [-0.3, -0.25) is 0 Å².